The van der Waals surface area contributed by atoms with E-state index in [0.29, 0.717) is 22.9 Å². The first-order valence-corrected chi connectivity index (χ1v) is 9.33. The van der Waals surface area contributed by atoms with Gasteiger partial charge in [-0.3, -0.25) is 14.0 Å². The van der Waals surface area contributed by atoms with Crippen LogP contribution in [0, 0.1) is 6.92 Å². The maximum atomic E-state index is 13.3. The van der Waals surface area contributed by atoms with Crippen molar-refractivity contribution in [3.63, 3.8) is 0 Å². The molecule has 5 rings (SSSR count). The van der Waals surface area contributed by atoms with Gasteiger partial charge >= 0.3 is 0 Å². The van der Waals surface area contributed by atoms with Crippen LogP contribution >= 0.6 is 0 Å². The van der Waals surface area contributed by atoms with Gasteiger partial charge in [0, 0.05) is 18.8 Å². The van der Waals surface area contributed by atoms with E-state index in [2.05, 4.69) is 15.3 Å². The van der Waals surface area contributed by atoms with Crippen LogP contribution in [0.1, 0.15) is 16.1 Å². The number of benzene rings is 1. The summed E-state index contributed by atoms with van der Waals surface area (Å²) in [5.41, 5.74) is 2.15. The Morgan fingerprint density at radius 3 is 2.67 bits per heavy atom. The standard InChI is InChI=1S/C22H17N5O3/c1-13-16(17-21(30-13)23-12-26(2)22(17)29)20(28)25-19-18(14-8-4-3-5-9-14)24-15-10-6-7-11-27(15)19/h3-12H,1-2H3,(H,25,28). The largest absolute Gasteiger partial charge is 0.442 e. The Kier molecular flexibility index (Phi) is 3.99. The van der Waals surface area contributed by atoms with Crippen molar-refractivity contribution in [3.05, 3.63) is 82.7 Å². The lowest BCUT2D eigenvalue weighted by Crippen LogP contribution is -2.21. The third-order valence-electron chi connectivity index (χ3n) is 4.98. The van der Waals surface area contributed by atoms with Crippen molar-refractivity contribution in [1.29, 1.82) is 0 Å². The number of pyridine rings is 1. The van der Waals surface area contributed by atoms with Crippen molar-refractivity contribution in [2.45, 2.75) is 6.92 Å². The number of hydrogen-bond acceptors (Lipinski definition) is 5. The minimum absolute atomic E-state index is 0.141. The van der Waals surface area contributed by atoms with Gasteiger partial charge in [-0.1, -0.05) is 36.4 Å². The molecule has 5 aromatic rings. The summed E-state index contributed by atoms with van der Waals surface area (Å²) in [5.74, 6) is 0.379. The van der Waals surface area contributed by atoms with Crippen LogP contribution in [0.15, 0.2) is 70.3 Å². The number of aryl methyl sites for hydroxylation is 2. The number of anilines is 1. The molecule has 0 atom stereocenters. The number of imidazole rings is 1. The summed E-state index contributed by atoms with van der Waals surface area (Å²) in [6, 6.07) is 15.2. The fraction of sp³-hybridized carbons (Fsp3) is 0.0909. The summed E-state index contributed by atoms with van der Waals surface area (Å²) in [6.45, 7) is 1.64. The molecule has 0 spiro atoms. The van der Waals surface area contributed by atoms with Crippen LogP contribution in [0.25, 0.3) is 28.0 Å². The molecule has 0 bridgehead atoms. The third kappa shape index (κ3) is 2.69. The molecule has 4 heterocycles. The number of fused-ring (bicyclic) bond motifs is 2. The maximum Gasteiger partial charge on any atom is 0.265 e. The fourth-order valence-electron chi connectivity index (χ4n) is 3.54. The predicted molar refractivity (Wildman–Crippen MR) is 113 cm³/mol. The number of furan rings is 1. The van der Waals surface area contributed by atoms with Gasteiger partial charge in [-0.25, -0.2) is 9.97 Å². The van der Waals surface area contributed by atoms with Crippen molar-refractivity contribution in [1.82, 2.24) is 18.9 Å². The molecule has 1 N–H and O–H groups in total. The lowest BCUT2D eigenvalue weighted by Gasteiger charge is -2.08. The van der Waals surface area contributed by atoms with E-state index in [1.807, 2.05) is 54.7 Å². The summed E-state index contributed by atoms with van der Waals surface area (Å²) < 4.78 is 8.69. The Hall–Kier alpha value is -4.20. The molecule has 8 nitrogen and oxygen atoms in total. The van der Waals surface area contributed by atoms with Crippen LogP contribution in [0.5, 0.6) is 0 Å². The Bertz CT molecular complexity index is 1480. The van der Waals surface area contributed by atoms with Gasteiger partial charge < -0.3 is 14.3 Å². The van der Waals surface area contributed by atoms with Crippen LogP contribution < -0.4 is 10.9 Å². The van der Waals surface area contributed by atoms with E-state index in [1.165, 1.54) is 10.9 Å². The van der Waals surface area contributed by atoms with E-state index in [-0.39, 0.29) is 22.2 Å². The monoisotopic (exact) mass is 399 g/mol. The zero-order chi connectivity index (χ0) is 20.8. The second-order valence-electron chi connectivity index (χ2n) is 6.93. The quantitative estimate of drug-likeness (QED) is 0.502. The normalized spacial score (nSPS) is 11.3. The highest BCUT2D eigenvalue weighted by Gasteiger charge is 2.25. The Balaban J connectivity index is 1.68. The first kappa shape index (κ1) is 17.9. The number of rotatable bonds is 3. The molecular formula is C22H17N5O3. The Labute approximate surface area is 170 Å². The third-order valence-corrected chi connectivity index (χ3v) is 4.98. The number of amides is 1. The minimum Gasteiger partial charge on any atom is -0.442 e. The Morgan fingerprint density at radius 1 is 1.10 bits per heavy atom. The number of carbonyl (C=O) groups excluding carboxylic acids is 1. The molecule has 0 aliphatic rings. The van der Waals surface area contributed by atoms with E-state index in [9.17, 15) is 9.59 Å². The number of aromatic nitrogens is 4. The lowest BCUT2D eigenvalue weighted by molar-refractivity contribution is 0.102. The number of hydrogen-bond donors (Lipinski definition) is 1. The molecule has 0 aliphatic carbocycles. The second kappa shape index (κ2) is 6.70. The van der Waals surface area contributed by atoms with E-state index in [1.54, 1.807) is 18.4 Å². The molecule has 1 amide bonds. The minimum atomic E-state index is -0.459. The number of nitrogens with zero attached hydrogens (tertiary/aromatic N) is 4. The summed E-state index contributed by atoms with van der Waals surface area (Å²) in [4.78, 5) is 34.7. The molecule has 0 radical (unpaired) electrons. The van der Waals surface area contributed by atoms with Gasteiger partial charge in [-0.2, -0.15) is 0 Å². The highest BCUT2D eigenvalue weighted by molar-refractivity contribution is 6.13. The summed E-state index contributed by atoms with van der Waals surface area (Å²) in [5, 5.41) is 3.10. The zero-order valence-electron chi connectivity index (χ0n) is 16.3. The van der Waals surface area contributed by atoms with Crippen LogP contribution in [0.4, 0.5) is 5.82 Å². The molecular weight excluding hydrogens is 382 g/mol. The number of nitrogens with one attached hydrogen (secondary N) is 1. The molecule has 0 saturated heterocycles. The van der Waals surface area contributed by atoms with Gasteiger partial charge in [0.05, 0.1) is 5.56 Å². The molecule has 0 saturated carbocycles. The van der Waals surface area contributed by atoms with Gasteiger partial charge in [0.25, 0.3) is 11.5 Å². The summed E-state index contributed by atoms with van der Waals surface area (Å²) >= 11 is 0. The van der Waals surface area contributed by atoms with E-state index < -0.39 is 5.91 Å². The summed E-state index contributed by atoms with van der Waals surface area (Å²) in [6.07, 6.45) is 3.19. The molecule has 148 valence electrons. The van der Waals surface area contributed by atoms with E-state index in [0.717, 1.165) is 5.56 Å². The van der Waals surface area contributed by atoms with E-state index in [4.69, 9.17) is 4.42 Å². The van der Waals surface area contributed by atoms with Crippen LogP contribution in [-0.4, -0.2) is 24.8 Å². The molecule has 0 aliphatic heterocycles. The highest BCUT2D eigenvalue weighted by Crippen LogP contribution is 2.30. The fourth-order valence-corrected chi connectivity index (χ4v) is 3.54. The van der Waals surface area contributed by atoms with E-state index >= 15 is 0 Å². The zero-order valence-corrected chi connectivity index (χ0v) is 16.3. The molecule has 30 heavy (non-hydrogen) atoms. The van der Waals surface area contributed by atoms with Crippen LogP contribution in [0.2, 0.25) is 0 Å². The average Bonchev–Trinajstić information content (AvgIpc) is 3.29. The number of carbonyl (C=O) groups is 1. The lowest BCUT2D eigenvalue weighted by atomic mass is 10.1. The second-order valence-corrected chi connectivity index (χ2v) is 6.93. The van der Waals surface area contributed by atoms with Gasteiger partial charge in [-0.05, 0) is 19.1 Å². The average molecular weight is 399 g/mol. The van der Waals surface area contributed by atoms with Crippen molar-refractivity contribution in [2.75, 3.05) is 5.32 Å². The predicted octanol–water partition coefficient (Wildman–Crippen LogP) is 3.40. The van der Waals surface area contributed by atoms with Gasteiger partial charge in [0.1, 0.15) is 34.6 Å². The first-order valence-electron chi connectivity index (χ1n) is 9.33. The summed E-state index contributed by atoms with van der Waals surface area (Å²) in [7, 11) is 1.58. The Morgan fingerprint density at radius 2 is 1.87 bits per heavy atom. The van der Waals surface area contributed by atoms with Crippen molar-refractivity contribution in [3.8, 4) is 11.3 Å². The van der Waals surface area contributed by atoms with Crippen LogP contribution in [-0.2, 0) is 7.05 Å². The topological polar surface area (TPSA) is 94.4 Å². The van der Waals surface area contributed by atoms with Crippen molar-refractivity contribution >= 4 is 28.5 Å². The first-order chi connectivity index (χ1) is 14.5. The van der Waals surface area contributed by atoms with Crippen LogP contribution in [0.3, 0.4) is 0 Å². The molecule has 4 aromatic heterocycles. The molecule has 1 aromatic carbocycles. The maximum absolute atomic E-state index is 13.3. The SMILES string of the molecule is Cc1oc2ncn(C)c(=O)c2c1C(=O)Nc1c(-c2ccccc2)nc2ccccn12. The molecule has 0 unspecified atom stereocenters. The van der Waals surface area contributed by atoms with Crippen molar-refractivity contribution < 1.29 is 9.21 Å². The van der Waals surface area contributed by atoms with Gasteiger partial charge in [0.15, 0.2) is 0 Å². The van der Waals surface area contributed by atoms with Gasteiger partial charge in [0.2, 0.25) is 5.71 Å². The molecule has 8 heteroatoms. The van der Waals surface area contributed by atoms with Crippen molar-refractivity contribution in [2.24, 2.45) is 7.05 Å². The molecule has 0 fully saturated rings. The van der Waals surface area contributed by atoms with Gasteiger partial charge in [-0.15, -0.1) is 0 Å². The highest BCUT2D eigenvalue weighted by atomic mass is 16.3. The smallest absolute Gasteiger partial charge is 0.265 e.